The Labute approximate surface area is 113 Å². The Morgan fingerprint density at radius 3 is 2.89 bits per heavy atom. The summed E-state index contributed by atoms with van der Waals surface area (Å²) in [6.45, 7) is 2.92. The fourth-order valence-corrected chi connectivity index (χ4v) is 2.67. The summed E-state index contributed by atoms with van der Waals surface area (Å²) >= 11 is 0. The van der Waals surface area contributed by atoms with Crippen molar-refractivity contribution in [3.8, 4) is 5.75 Å². The van der Waals surface area contributed by atoms with Crippen LogP contribution in [0.15, 0.2) is 18.2 Å². The first-order valence-electron chi connectivity index (χ1n) is 7.00. The molecule has 1 unspecified atom stereocenters. The van der Waals surface area contributed by atoms with E-state index in [0.717, 1.165) is 17.7 Å². The molecule has 0 amide bonds. The van der Waals surface area contributed by atoms with Crippen molar-refractivity contribution in [2.75, 3.05) is 13.7 Å². The van der Waals surface area contributed by atoms with Crippen molar-refractivity contribution in [3.63, 3.8) is 0 Å². The second-order valence-corrected chi connectivity index (χ2v) is 5.40. The van der Waals surface area contributed by atoms with Crippen molar-refractivity contribution in [1.29, 1.82) is 0 Å². The van der Waals surface area contributed by atoms with Crippen molar-refractivity contribution >= 4 is 11.0 Å². The number of fused-ring (bicyclic) bond motifs is 1. The summed E-state index contributed by atoms with van der Waals surface area (Å²) in [7, 11) is 1.69. The molecule has 1 fully saturated rings. The van der Waals surface area contributed by atoms with Crippen LogP contribution in [0.4, 0.5) is 0 Å². The van der Waals surface area contributed by atoms with Crippen LogP contribution in [-0.2, 0) is 0 Å². The van der Waals surface area contributed by atoms with E-state index in [1.807, 2.05) is 12.1 Å². The number of ether oxygens (including phenoxy) is 1. The summed E-state index contributed by atoms with van der Waals surface area (Å²) in [5.41, 5.74) is 7.95. The molecule has 0 bridgehead atoms. The van der Waals surface area contributed by atoms with Gasteiger partial charge in [0.05, 0.1) is 18.1 Å². The van der Waals surface area contributed by atoms with Crippen LogP contribution in [0.5, 0.6) is 5.75 Å². The summed E-state index contributed by atoms with van der Waals surface area (Å²) in [5.74, 6) is 2.45. The lowest BCUT2D eigenvalue weighted by Gasteiger charge is -2.13. The largest absolute Gasteiger partial charge is 0.497 e. The summed E-state index contributed by atoms with van der Waals surface area (Å²) in [5, 5.41) is 0. The standard InChI is InChI=1S/C15H21N3O/c1-10(7-8-16)15-17-13-9-12(19-2)5-6-14(13)18(15)11-3-4-11/h5-6,9-11H,3-4,7-8,16H2,1-2H3. The van der Waals surface area contributed by atoms with Crippen molar-refractivity contribution in [1.82, 2.24) is 9.55 Å². The quantitative estimate of drug-likeness (QED) is 0.898. The molecule has 2 N–H and O–H groups in total. The second kappa shape index (κ2) is 4.85. The normalized spacial score (nSPS) is 16.8. The molecule has 1 saturated carbocycles. The van der Waals surface area contributed by atoms with E-state index in [2.05, 4.69) is 17.6 Å². The summed E-state index contributed by atoms with van der Waals surface area (Å²) < 4.78 is 7.70. The van der Waals surface area contributed by atoms with E-state index < -0.39 is 0 Å². The minimum absolute atomic E-state index is 0.406. The number of rotatable bonds is 5. The zero-order valence-electron chi connectivity index (χ0n) is 11.6. The topological polar surface area (TPSA) is 53.1 Å². The molecule has 0 spiro atoms. The number of methoxy groups -OCH3 is 1. The fourth-order valence-electron chi connectivity index (χ4n) is 2.67. The molecule has 1 atom stereocenters. The van der Waals surface area contributed by atoms with Crippen molar-refractivity contribution in [2.24, 2.45) is 5.73 Å². The second-order valence-electron chi connectivity index (χ2n) is 5.40. The molecule has 1 aliphatic rings. The van der Waals surface area contributed by atoms with Gasteiger partial charge in [0, 0.05) is 18.0 Å². The van der Waals surface area contributed by atoms with Gasteiger partial charge in [-0.05, 0) is 37.9 Å². The van der Waals surface area contributed by atoms with Gasteiger partial charge in [-0.25, -0.2) is 4.98 Å². The lowest BCUT2D eigenvalue weighted by atomic mass is 10.1. The number of hydrogen-bond donors (Lipinski definition) is 1. The van der Waals surface area contributed by atoms with Crippen molar-refractivity contribution < 1.29 is 4.74 Å². The average molecular weight is 259 g/mol. The van der Waals surface area contributed by atoms with Gasteiger partial charge in [0.2, 0.25) is 0 Å². The van der Waals surface area contributed by atoms with Crippen molar-refractivity contribution in [3.05, 3.63) is 24.0 Å². The Hall–Kier alpha value is -1.55. The highest BCUT2D eigenvalue weighted by Gasteiger charge is 2.29. The Morgan fingerprint density at radius 1 is 1.47 bits per heavy atom. The van der Waals surface area contributed by atoms with Gasteiger partial charge in [0.25, 0.3) is 0 Å². The third-order valence-corrected chi connectivity index (χ3v) is 3.88. The Balaban J connectivity index is 2.11. The number of nitrogens with zero attached hydrogens (tertiary/aromatic N) is 2. The SMILES string of the molecule is COc1ccc2c(c1)nc(C(C)CCN)n2C1CC1. The average Bonchev–Trinajstić information content (AvgIpc) is 3.18. The highest BCUT2D eigenvalue weighted by molar-refractivity contribution is 5.78. The maximum Gasteiger partial charge on any atom is 0.121 e. The molecule has 1 aromatic heterocycles. The van der Waals surface area contributed by atoms with Gasteiger partial charge in [0.1, 0.15) is 11.6 Å². The van der Waals surface area contributed by atoms with Crippen LogP contribution >= 0.6 is 0 Å². The van der Waals surface area contributed by atoms with Crippen LogP contribution in [-0.4, -0.2) is 23.2 Å². The van der Waals surface area contributed by atoms with Gasteiger partial charge in [-0.1, -0.05) is 6.92 Å². The van der Waals surface area contributed by atoms with Crippen LogP contribution < -0.4 is 10.5 Å². The van der Waals surface area contributed by atoms with Crippen molar-refractivity contribution in [2.45, 2.75) is 38.1 Å². The predicted molar refractivity (Wildman–Crippen MR) is 76.6 cm³/mol. The molecule has 0 saturated heterocycles. The van der Waals surface area contributed by atoms with E-state index in [1.54, 1.807) is 7.11 Å². The van der Waals surface area contributed by atoms with Crippen LogP contribution in [0, 0.1) is 0 Å². The molecule has 4 heteroatoms. The Kier molecular flexibility index (Phi) is 3.19. The number of benzene rings is 1. The Bertz CT molecular complexity index is 586. The zero-order chi connectivity index (χ0) is 13.4. The zero-order valence-corrected chi connectivity index (χ0v) is 11.6. The van der Waals surface area contributed by atoms with E-state index in [1.165, 1.54) is 24.2 Å². The maximum absolute atomic E-state index is 5.69. The molecule has 1 aromatic carbocycles. The van der Waals surface area contributed by atoms with Crippen LogP contribution in [0.1, 0.15) is 44.0 Å². The first kappa shape index (κ1) is 12.5. The number of aromatic nitrogens is 2. The van der Waals surface area contributed by atoms with Gasteiger partial charge in [-0.15, -0.1) is 0 Å². The molecule has 3 rings (SSSR count). The van der Waals surface area contributed by atoms with Crippen LogP contribution in [0.3, 0.4) is 0 Å². The highest BCUT2D eigenvalue weighted by Crippen LogP contribution is 2.41. The molecule has 19 heavy (non-hydrogen) atoms. The highest BCUT2D eigenvalue weighted by atomic mass is 16.5. The minimum atomic E-state index is 0.406. The maximum atomic E-state index is 5.69. The van der Waals surface area contributed by atoms with E-state index in [9.17, 15) is 0 Å². The summed E-state index contributed by atoms with van der Waals surface area (Å²) in [6, 6.07) is 6.79. The van der Waals surface area contributed by atoms with E-state index in [0.29, 0.717) is 18.5 Å². The minimum Gasteiger partial charge on any atom is -0.497 e. The first-order chi connectivity index (χ1) is 9.24. The number of nitrogens with two attached hydrogens (primary N) is 1. The summed E-state index contributed by atoms with van der Waals surface area (Å²) in [6.07, 6.45) is 3.51. The number of hydrogen-bond acceptors (Lipinski definition) is 3. The molecular formula is C15H21N3O. The third-order valence-electron chi connectivity index (χ3n) is 3.88. The van der Waals surface area contributed by atoms with Crippen LogP contribution in [0.2, 0.25) is 0 Å². The van der Waals surface area contributed by atoms with Gasteiger partial charge in [0.15, 0.2) is 0 Å². The van der Waals surface area contributed by atoms with Gasteiger partial charge < -0.3 is 15.0 Å². The predicted octanol–water partition coefficient (Wildman–Crippen LogP) is 2.83. The molecule has 1 heterocycles. The van der Waals surface area contributed by atoms with Gasteiger partial charge in [-0.3, -0.25) is 0 Å². The monoisotopic (exact) mass is 259 g/mol. The van der Waals surface area contributed by atoms with Gasteiger partial charge in [-0.2, -0.15) is 0 Å². The lowest BCUT2D eigenvalue weighted by Crippen LogP contribution is -2.10. The molecule has 2 aromatic rings. The molecule has 0 aliphatic heterocycles. The molecule has 102 valence electrons. The van der Waals surface area contributed by atoms with Crippen LogP contribution in [0.25, 0.3) is 11.0 Å². The summed E-state index contributed by atoms with van der Waals surface area (Å²) in [4.78, 5) is 4.83. The smallest absolute Gasteiger partial charge is 0.121 e. The molecular weight excluding hydrogens is 238 g/mol. The third kappa shape index (κ3) is 2.21. The Morgan fingerprint density at radius 2 is 2.26 bits per heavy atom. The molecule has 1 aliphatic carbocycles. The molecule has 4 nitrogen and oxygen atoms in total. The van der Waals surface area contributed by atoms with E-state index >= 15 is 0 Å². The number of imidazole rings is 1. The lowest BCUT2D eigenvalue weighted by molar-refractivity contribution is 0.415. The first-order valence-corrected chi connectivity index (χ1v) is 7.00. The molecule has 0 radical (unpaired) electrons. The van der Waals surface area contributed by atoms with E-state index in [-0.39, 0.29) is 0 Å². The van der Waals surface area contributed by atoms with E-state index in [4.69, 9.17) is 15.5 Å². The fraction of sp³-hybridized carbons (Fsp3) is 0.533. The van der Waals surface area contributed by atoms with Gasteiger partial charge >= 0.3 is 0 Å².